The second-order valence-corrected chi connectivity index (χ2v) is 5.33. The van der Waals surface area contributed by atoms with Gasteiger partial charge in [-0.25, -0.2) is 0 Å². The number of hydrogen-bond donors (Lipinski definition) is 2. The molecule has 2 aromatic rings. The van der Waals surface area contributed by atoms with E-state index in [1.54, 1.807) is 0 Å². The predicted molar refractivity (Wildman–Crippen MR) is 95.3 cm³/mol. The van der Waals surface area contributed by atoms with Crippen LogP contribution in [0.2, 0.25) is 0 Å². The van der Waals surface area contributed by atoms with Gasteiger partial charge in [-0.1, -0.05) is 31.2 Å². The lowest BCUT2D eigenvalue weighted by atomic mass is 10.1. The van der Waals surface area contributed by atoms with E-state index in [0.29, 0.717) is 6.61 Å². The minimum Gasteiger partial charge on any atom is -0.494 e. The molecule has 0 heterocycles. The van der Waals surface area contributed by atoms with Gasteiger partial charge in [-0.15, -0.1) is 0 Å². The van der Waals surface area contributed by atoms with Crippen molar-refractivity contribution in [1.82, 2.24) is 0 Å². The number of carbonyl (C=O) groups is 1. The number of para-hydroxylation sites is 1. The lowest BCUT2D eigenvalue weighted by Crippen LogP contribution is -2.22. The molecule has 0 unspecified atom stereocenters. The molecule has 0 bridgehead atoms. The first kappa shape index (κ1) is 16.9. The van der Waals surface area contributed by atoms with Crippen LogP contribution >= 0.6 is 0 Å². The van der Waals surface area contributed by atoms with Crippen LogP contribution in [-0.2, 0) is 11.2 Å². The maximum absolute atomic E-state index is 12.2. The molecular weight excluding hydrogens is 288 g/mol. The Balaban J connectivity index is 1.97. The number of carbonyl (C=O) groups excluding carboxylic acids is 1. The molecule has 4 nitrogen and oxygen atoms in total. The van der Waals surface area contributed by atoms with Crippen LogP contribution < -0.4 is 15.4 Å². The fraction of sp³-hybridized carbons (Fsp3) is 0.316. The summed E-state index contributed by atoms with van der Waals surface area (Å²) in [7, 11) is 0. The molecule has 0 radical (unpaired) electrons. The predicted octanol–water partition coefficient (Wildman–Crippen LogP) is 4.01. The van der Waals surface area contributed by atoms with Crippen LogP contribution in [0, 0.1) is 6.92 Å². The summed E-state index contributed by atoms with van der Waals surface area (Å²) in [6.45, 7) is 6.93. The average Bonchev–Trinajstić information content (AvgIpc) is 2.54. The number of hydrogen-bond acceptors (Lipinski definition) is 3. The molecule has 122 valence electrons. The van der Waals surface area contributed by atoms with Crippen molar-refractivity contribution in [2.75, 3.05) is 23.8 Å². The van der Waals surface area contributed by atoms with Crippen LogP contribution in [0.25, 0.3) is 0 Å². The Morgan fingerprint density at radius 3 is 2.65 bits per heavy atom. The first-order valence-electron chi connectivity index (χ1n) is 7.99. The lowest BCUT2D eigenvalue weighted by Gasteiger charge is -2.14. The molecule has 0 aliphatic carbocycles. The Kier molecular flexibility index (Phi) is 6.03. The average molecular weight is 312 g/mol. The number of amides is 1. The third-order valence-corrected chi connectivity index (χ3v) is 3.59. The Labute approximate surface area is 137 Å². The van der Waals surface area contributed by atoms with Gasteiger partial charge >= 0.3 is 0 Å². The summed E-state index contributed by atoms with van der Waals surface area (Å²) in [6.07, 6.45) is 0.933. The van der Waals surface area contributed by atoms with Crippen LogP contribution in [-0.4, -0.2) is 19.1 Å². The maximum atomic E-state index is 12.2. The highest BCUT2D eigenvalue weighted by Gasteiger charge is 2.07. The highest BCUT2D eigenvalue weighted by atomic mass is 16.5. The van der Waals surface area contributed by atoms with Gasteiger partial charge < -0.3 is 15.4 Å². The first-order chi connectivity index (χ1) is 11.1. The largest absolute Gasteiger partial charge is 0.494 e. The minimum absolute atomic E-state index is 0.0797. The zero-order valence-electron chi connectivity index (χ0n) is 14.0. The number of benzene rings is 2. The lowest BCUT2D eigenvalue weighted by molar-refractivity contribution is -0.114. The Morgan fingerprint density at radius 2 is 1.91 bits per heavy atom. The summed E-state index contributed by atoms with van der Waals surface area (Å²) in [5.41, 5.74) is 4.16. The van der Waals surface area contributed by atoms with Crippen LogP contribution in [0.1, 0.15) is 25.0 Å². The van der Waals surface area contributed by atoms with Crippen molar-refractivity contribution in [3.05, 3.63) is 53.6 Å². The standard InChI is InChI=1S/C19H24N2O2/c1-4-15-9-6-8-14(3)19(15)20-13-18(22)21-16-10-7-11-17(12-16)23-5-2/h6-12,20H,4-5,13H2,1-3H3,(H,21,22). The topological polar surface area (TPSA) is 50.4 Å². The van der Waals surface area contributed by atoms with Gasteiger partial charge in [-0.05, 0) is 43.5 Å². The van der Waals surface area contributed by atoms with Gasteiger partial charge in [0.05, 0.1) is 13.2 Å². The van der Waals surface area contributed by atoms with Gasteiger partial charge in [-0.3, -0.25) is 4.79 Å². The molecule has 0 saturated heterocycles. The summed E-state index contributed by atoms with van der Waals surface area (Å²) in [5, 5.41) is 6.14. The van der Waals surface area contributed by atoms with E-state index in [2.05, 4.69) is 23.6 Å². The van der Waals surface area contributed by atoms with Crippen LogP contribution in [0.3, 0.4) is 0 Å². The number of ether oxygens (including phenoxy) is 1. The smallest absolute Gasteiger partial charge is 0.243 e. The number of aryl methyl sites for hydroxylation is 2. The van der Waals surface area contributed by atoms with Crippen molar-refractivity contribution in [3.8, 4) is 5.75 Å². The van der Waals surface area contributed by atoms with E-state index in [4.69, 9.17) is 4.74 Å². The van der Waals surface area contributed by atoms with Crippen molar-refractivity contribution in [2.45, 2.75) is 27.2 Å². The molecule has 4 heteroatoms. The van der Waals surface area contributed by atoms with Crippen molar-refractivity contribution in [2.24, 2.45) is 0 Å². The Bertz CT molecular complexity index is 668. The van der Waals surface area contributed by atoms with Crippen LogP contribution in [0.4, 0.5) is 11.4 Å². The van der Waals surface area contributed by atoms with Gasteiger partial charge in [0.15, 0.2) is 0 Å². The van der Waals surface area contributed by atoms with E-state index in [1.807, 2.05) is 50.2 Å². The van der Waals surface area contributed by atoms with Gasteiger partial charge in [0.25, 0.3) is 0 Å². The molecule has 0 spiro atoms. The zero-order chi connectivity index (χ0) is 16.7. The van der Waals surface area contributed by atoms with Crippen LogP contribution in [0.15, 0.2) is 42.5 Å². The molecule has 0 fully saturated rings. The molecular formula is C19H24N2O2. The van der Waals surface area contributed by atoms with Gasteiger partial charge in [0, 0.05) is 17.4 Å². The van der Waals surface area contributed by atoms with E-state index in [1.165, 1.54) is 5.56 Å². The van der Waals surface area contributed by atoms with Crippen molar-refractivity contribution >= 4 is 17.3 Å². The summed E-state index contributed by atoms with van der Waals surface area (Å²) >= 11 is 0. The molecule has 2 rings (SSSR count). The van der Waals surface area contributed by atoms with E-state index >= 15 is 0 Å². The Morgan fingerprint density at radius 1 is 1.13 bits per heavy atom. The normalized spacial score (nSPS) is 10.2. The SMILES string of the molecule is CCOc1cccc(NC(=O)CNc2c(C)cccc2CC)c1. The molecule has 0 aliphatic heterocycles. The Hall–Kier alpha value is -2.49. The monoisotopic (exact) mass is 312 g/mol. The molecule has 0 atom stereocenters. The zero-order valence-corrected chi connectivity index (χ0v) is 14.0. The van der Waals surface area contributed by atoms with Crippen molar-refractivity contribution in [3.63, 3.8) is 0 Å². The van der Waals surface area contributed by atoms with Gasteiger partial charge in [-0.2, -0.15) is 0 Å². The van der Waals surface area contributed by atoms with Crippen molar-refractivity contribution < 1.29 is 9.53 Å². The molecule has 0 aliphatic rings. The van der Waals surface area contributed by atoms with E-state index in [0.717, 1.165) is 29.1 Å². The highest BCUT2D eigenvalue weighted by molar-refractivity contribution is 5.94. The molecule has 1 amide bonds. The summed E-state index contributed by atoms with van der Waals surface area (Å²) in [6, 6.07) is 13.6. The number of anilines is 2. The molecule has 0 aromatic heterocycles. The molecule has 0 saturated carbocycles. The van der Waals surface area contributed by atoms with E-state index in [-0.39, 0.29) is 12.5 Å². The molecule has 2 aromatic carbocycles. The summed E-state index contributed by atoms with van der Waals surface area (Å²) < 4.78 is 5.44. The minimum atomic E-state index is -0.0797. The fourth-order valence-corrected chi connectivity index (χ4v) is 2.48. The number of nitrogens with one attached hydrogen (secondary N) is 2. The maximum Gasteiger partial charge on any atom is 0.243 e. The third kappa shape index (κ3) is 4.74. The van der Waals surface area contributed by atoms with E-state index < -0.39 is 0 Å². The first-order valence-corrected chi connectivity index (χ1v) is 7.99. The second kappa shape index (κ2) is 8.22. The highest BCUT2D eigenvalue weighted by Crippen LogP contribution is 2.21. The summed E-state index contributed by atoms with van der Waals surface area (Å²) in [4.78, 5) is 12.2. The van der Waals surface area contributed by atoms with Crippen molar-refractivity contribution in [1.29, 1.82) is 0 Å². The fourth-order valence-electron chi connectivity index (χ4n) is 2.48. The number of rotatable bonds is 7. The molecule has 2 N–H and O–H groups in total. The quantitative estimate of drug-likeness (QED) is 0.812. The molecule has 23 heavy (non-hydrogen) atoms. The van der Waals surface area contributed by atoms with Gasteiger partial charge in [0.1, 0.15) is 5.75 Å². The van der Waals surface area contributed by atoms with Gasteiger partial charge in [0.2, 0.25) is 5.91 Å². The van der Waals surface area contributed by atoms with E-state index in [9.17, 15) is 4.79 Å². The third-order valence-electron chi connectivity index (χ3n) is 3.59. The second-order valence-electron chi connectivity index (χ2n) is 5.33. The van der Waals surface area contributed by atoms with Crippen LogP contribution in [0.5, 0.6) is 5.75 Å². The summed E-state index contributed by atoms with van der Waals surface area (Å²) in [5.74, 6) is 0.675.